The molecular formula is C13H18N4S. The van der Waals surface area contributed by atoms with Gasteiger partial charge in [0.15, 0.2) is 0 Å². The molecule has 18 heavy (non-hydrogen) atoms. The quantitative estimate of drug-likeness (QED) is 0.899. The molecular weight excluding hydrogens is 244 g/mol. The van der Waals surface area contributed by atoms with Crippen molar-refractivity contribution in [2.24, 2.45) is 7.05 Å². The first-order valence-corrected chi connectivity index (χ1v) is 7.33. The highest BCUT2D eigenvalue weighted by molar-refractivity contribution is 7.09. The molecule has 5 heteroatoms. The van der Waals surface area contributed by atoms with Crippen LogP contribution in [-0.4, -0.2) is 20.8 Å². The zero-order valence-corrected chi connectivity index (χ0v) is 11.6. The Bertz CT molecular complexity index is 513. The lowest BCUT2D eigenvalue weighted by Crippen LogP contribution is -2.24. The summed E-state index contributed by atoms with van der Waals surface area (Å²) in [5.74, 6) is 0. The van der Waals surface area contributed by atoms with Gasteiger partial charge in [0.05, 0.1) is 11.7 Å². The predicted molar refractivity (Wildman–Crippen MR) is 72.7 cm³/mol. The normalized spacial score (nSPS) is 17.0. The molecule has 2 heterocycles. The number of nitrogens with zero attached hydrogens (tertiary/aromatic N) is 3. The van der Waals surface area contributed by atoms with Crippen LogP contribution in [-0.2, 0) is 13.5 Å². The Morgan fingerprint density at radius 1 is 1.56 bits per heavy atom. The standard InChI is InChI=1S/C13H18N4S/c1-3-11-10(8-17(2)16-11)12(15-9-4-5-9)13-14-6-7-18-13/h6-9,12,15H,3-5H2,1-2H3. The van der Waals surface area contributed by atoms with Gasteiger partial charge in [-0.2, -0.15) is 5.10 Å². The van der Waals surface area contributed by atoms with E-state index in [1.54, 1.807) is 11.3 Å². The average molecular weight is 262 g/mol. The minimum absolute atomic E-state index is 0.209. The topological polar surface area (TPSA) is 42.7 Å². The predicted octanol–water partition coefficient (Wildman–Crippen LogP) is 2.28. The van der Waals surface area contributed by atoms with Gasteiger partial charge < -0.3 is 5.32 Å². The van der Waals surface area contributed by atoms with Crippen molar-refractivity contribution >= 4 is 11.3 Å². The molecule has 1 atom stereocenters. The number of rotatable bonds is 5. The molecule has 1 unspecified atom stereocenters. The minimum atomic E-state index is 0.209. The lowest BCUT2D eigenvalue weighted by molar-refractivity contribution is 0.594. The fraction of sp³-hybridized carbons (Fsp3) is 0.538. The lowest BCUT2D eigenvalue weighted by atomic mass is 10.1. The molecule has 0 radical (unpaired) electrons. The summed E-state index contributed by atoms with van der Waals surface area (Å²) >= 11 is 1.71. The summed E-state index contributed by atoms with van der Waals surface area (Å²) < 4.78 is 1.91. The third kappa shape index (κ3) is 2.33. The van der Waals surface area contributed by atoms with Crippen molar-refractivity contribution in [1.82, 2.24) is 20.1 Å². The zero-order chi connectivity index (χ0) is 12.5. The van der Waals surface area contributed by atoms with Gasteiger partial charge in [-0.1, -0.05) is 6.92 Å². The molecule has 1 fully saturated rings. The van der Waals surface area contributed by atoms with Gasteiger partial charge in [0.2, 0.25) is 0 Å². The van der Waals surface area contributed by atoms with Gasteiger partial charge >= 0.3 is 0 Å². The van der Waals surface area contributed by atoms with E-state index in [9.17, 15) is 0 Å². The van der Waals surface area contributed by atoms with Crippen molar-refractivity contribution in [3.8, 4) is 0 Å². The van der Waals surface area contributed by atoms with Crippen LogP contribution in [0.1, 0.15) is 42.1 Å². The zero-order valence-electron chi connectivity index (χ0n) is 10.8. The highest BCUT2D eigenvalue weighted by Crippen LogP contribution is 2.31. The smallest absolute Gasteiger partial charge is 0.114 e. The molecule has 1 aliphatic rings. The molecule has 1 saturated carbocycles. The van der Waals surface area contributed by atoms with Gasteiger partial charge in [-0.3, -0.25) is 4.68 Å². The number of hydrogen-bond acceptors (Lipinski definition) is 4. The first kappa shape index (κ1) is 11.9. The van der Waals surface area contributed by atoms with Crippen molar-refractivity contribution in [3.05, 3.63) is 34.0 Å². The second-order valence-electron chi connectivity index (χ2n) is 4.80. The highest BCUT2D eigenvalue weighted by Gasteiger charge is 2.29. The molecule has 4 nitrogen and oxygen atoms in total. The monoisotopic (exact) mass is 262 g/mol. The Kier molecular flexibility index (Phi) is 3.18. The largest absolute Gasteiger partial charge is 0.301 e. The van der Waals surface area contributed by atoms with E-state index >= 15 is 0 Å². The fourth-order valence-corrected chi connectivity index (χ4v) is 2.94. The summed E-state index contributed by atoms with van der Waals surface area (Å²) in [6.07, 6.45) is 7.53. The first-order chi connectivity index (χ1) is 8.78. The number of thiazole rings is 1. The molecule has 0 bridgehead atoms. The van der Waals surface area contributed by atoms with E-state index in [4.69, 9.17) is 0 Å². The molecule has 0 saturated heterocycles. The fourth-order valence-electron chi connectivity index (χ4n) is 2.23. The van der Waals surface area contributed by atoms with Crippen LogP contribution in [0.25, 0.3) is 0 Å². The molecule has 0 spiro atoms. The average Bonchev–Trinajstić information content (AvgIpc) is 2.90. The number of aromatic nitrogens is 3. The van der Waals surface area contributed by atoms with E-state index in [-0.39, 0.29) is 6.04 Å². The van der Waals surface area contributed by atoms with E-state index in [0.29, 0.717) is 6.04 Å². The maximum Gasteiger partial charge on any atom is 0.114 e. The van der Waals surface area contributed by atoms with Crippen molar-refractivity contribution in [3.63, 3.8) is 0 Å². The van der Waals surface area contributed by atoms with Gasteiger partial charge in [0.25, 0.3) is 0 Å². The number of aryl methyl sites for hydroxylation is 2. The van der Waals surface area contributed by atoms with E-state index in [1.807, 2.05) is 23.3 Å². The summed E-state index contributed by atoms with van der Waals surface area (Å²) in [5.41, 5.74) is 2.45. The summed E-state index contributed by atoms with van der Waals surface area (Å²) in [6, 6.07) is 0.866. The third-order valence-electron chi connectivity index (χ3n) is 3.26. The van der Waals surface area contributed by atoms with Gasteiger partial charge in [0, 0.05) is 36.4 Å². The SMILES string of the molecule is CCc1nn(C)cc1C(NC1CC1)c1nccs1. The second-order valence-corrected chi connectivity index (χ2v) is 5.73. The van der Waals surface area contributed by atoms with Gasteiger partial charge in [-0.05, 0) is 19.3 Å². The summed E-state index contributed by atoms with van der Waals surface area (Å²) in [6.45, 7) is 2.15. The van der Waals surface area contributed by atoms with E-state index in [2.05, 4.69) is 28.5 Å². The molecule has 1 N–H and O–H groups in total. The molecule has 0 aromatic carbocycles. The Hall–Kier alpha value is -1.20. The van der Waals surface area contributed by atoms with Crippen LogP contribution in [0.15, 0.2) is 17.8 Å². The van der Waals surface area contributed by atoms with E-state index in [1.165, 1.54) is 24.1 Å². The van der Waals surface area contributed by atoms with Crippen LogP contribution in [0.2, 0.25) is 0 Å². The summed E-state index contributed by atoms with van der Waals surface area (Å²) in [5, 5.41) is 11.4. The van der Waals surface area contributed by atoms with Crippen LogP contribution < -0.4 is 5.32 Å². The van der Waals surface area contributed by atoms with Crippen molar-refractivity contribution in [2.75, 3.05) is 0 Å². The minimum Gasteiger partial charge on any atom is -0.301 e. The van der Waals surface area contributed by atoms with Crippen molar-refractivity contribution < 1.29 is 0 Å². The number of hydrogen-bond donors (Lipinski definition) is 1. The highest BCUT2D eigenvalue weighted by atomic mass is 32.1. The van der Waals surface area contributed by atoms with E-state index < -0.39 is 0 Å². The molecule has 0 aliphatic heterocycles. The van der Waals surface area contributed by atoms with Crippen LogP contribution in [0.5, 0.6) is 0 Å². The van der Waals surface area contributed by atoms with Gasteiger partial charge in [0.1, 0.15) is 5.01 Å². The molecule has 96 valence electrons. The second kappa shape index (κ2) is 4.82. The molecule has 1 aliphatic carbocycles. The van der Waals surface area contributed by atoms with Gasteiger partial charge in [-0.15, -0.1) is 11.3 Å². The van der Waals surface area contributed by atoms with E-state index in [0.717, 1.165) is 11.4 Å². The molecule has 2 aromatic heterocycles. The Morgan fingerprint density at radius 2 is 2.39 bits per heavy atom. The van der Waals surface area contributed by atoms with Crippen LogP contribution >= 0.6 is 11.3 Å². The van der Waals surface area contributed by atoms with Gasteiger partial charge in [-0.25, -0.2) is 4.98 Å². The summed E-state index contributed by atoms with van der Waals surface area (Å²) in [4.78, 5) is 4.48. The Balaban J connectivity index is 1.96. The Morgan fingerprint density at radius 3 is 3.00 bits per heavy atom. The molecule has 2 aromatic rings. The molecule has 3 rings (SSSR count). The summed E-state index contributed by atoms with van der Waals surface area (Å²) in [7, 11) is 1.98. The molecule has 0 amide bonds. The third-order valence-corrected chi connectivity index (χ3v) is 4.10. The van der Waals surface area contributed by atoms with Crippen LogP contribution in [0.4, 0.5) is 0 Å². The Labute approximate surface area is 111 Å². The first-order valence-electron chi connectivity index (χ1n) is 6.45. The van der Waals surface area contributed by atoms with Crippen LogP contribution in [0, 0.1) is 0 Å². The van der Waals surface area contributed by atoms with Crippen LogP contribution in [0.3, 0.4) is 0 Å². The maximum atomic E-state index is 4.54. The van der Waals surface area contributed by atoms with Crippen molar-refractivity contribution in [2.45, 2.75) is 38.3 Å². The number of nitrogens with one attached hydrogen (secondary N) is 1. The lowest BCUT2D eigenvalue weighted by Gasteiger charge is -2.16. The van der Waals surface area contributed by atoms with Crippen molar-refractivity contribution in [1.29, 1.82) is 0 Å². The maximum absolute atomic E-state index is 4.54.